The molecule has 0 aliphatic carbocycles. The maximum Gasteiger partial charge on any atom is 0.133 e. The van der Waals surface area contributed by atoms with Gasteiger partial charge in [0.25, 0.3) is 0 Å². The Morgan fingerprint density at radius 1 is 0.741 bits per heavy atom. The molecule has 2 aromatic rings. The van der Waals surface area contributed by atoms with Crippen molar-refractivity contribution in [3.8, 4) is 11.5 Å². The summed E-state index contributed by atoms with van der Waals surface area (Å²) >= 11 is 6.72. The predicted octanol–water partition coefficient (Wildman–Crippen LogP) is 6.57. The Morgan fingerprint density at radius 2 is 1.19 bits per heavy atom. The van der Waals surface area contributed by atoms with Gasteiger partial charge in [-0.25, -0.2) is 0 Å². The summed E-state index contributed by atoms with van der Waals surface area (Å²) < 4.78 is 18.1. The lowest BCUT2D eigenvalue weighted by Crippen LogP contribution is -2.12. The Balaban J connectivity index is 1.66. The van der Waals surface area contributed by atoms with Crippen LogP contribution in [0.25, 0.3) is 20.9 Å². The van der Waals surface area contributed by atoms with Gasteiger partial charge in [-0.15, -0.1) is 0 Å². The summed E-state index contributed by atoms with van der Waals surface area (Å²) in [4.78, 5) is 5.46. The predicted molar refractivity (Wildman–Crippen MR) is 108 cm³/mol. The number of ether oxygens (including phenoxy) is 3. The van der Waals surface area contributed by atoms with E-state index in [0.717, 1.165) is 0 Å². The number of nitrogens with zero attached hydrogens (tertiary/aromatic N) is 6. The van der Waals surface area contributed by atoms with Gasteiger partial charge in [-0.3, -0.25) is 0 Å². The smallest absolute Gasteiger partial charge is 0.133 e. The minimum atomic E-state index is 0.365. The summed E-state index contributed by atoms with van der Waals surface area (Å²) in [5.41, 5.74) is 17.8. The normalized spacial score (nSPS) is 9.85. The molecule has 0 bridgehead atoms. The van der Waals surface area contributed by atoms with Gasteiger partial charge in [-0.05, 0) is 79.3 Å². The molecule has 0 atom stereocenters. The van der Waals surface area contributed by atoms with Crippen molar-refractivity contribution in [3.05, 3.63) is 66.2 Å². The number of rotatable bonds is 10. The molecule has 0 saturated carbocycles. The lowest BCUT2D eigenvalue weighted by Gasteiger charge is -2.11. The van der Waals surface area contributed by atoms with Gasteiger partial charge in [-0.1, -0.05) is 10.2 Å². The molecule has 0 aliphatic rings. The van der Waals surface area contributed by atoms with E-state index in [1.54, 1.807) is 36.4 Å². The Morgan fingerprint density at radius 3 is 1.56 bits per heavy atom. The number of hydrogen-bond acceptors (Lipinski definition) is 5. The van der Waals surface area contributed by atoms with Crippen LogP contribution in [0.4, 0.5) is 11.4 Å². The zero-order valence-corrected chi connectivity index (χ0v) is 17.1. The van der Waals surface area contributed by atoms with Crippen LogP contribution in [0.3, 0.4) is 0 Å². The maximum absolute atomic E-state index is 8.41. The van der Waals surface area contributed by atoms with E-state index in [4.69, 9.17) is 25.3 Å². The number of benzene rings is 2. The third-order valence-corrected chi connectivity index (χ3v) is 4.36. The van der Waals surface area contributed by atoms with Gasteiger partial charge in [0.2, 0.25) is 0 Å². The number of hydrogen-bond donors (Lipinski definition) is 0. The first-order chi connectivity index (χ1) is 13.1. The minimum Gasteiger partial charge on any atom is -0.490 e. The highest BCUT2D eigenvalue weighted by Crippen LogP contribution is 2.30. The molecule has 0 saturated heterocycles. The average molecular weight is 498 g/mol. The summed E-state index contributed by atoms with van der Waals surface area (Å²) in [6.07, 6.45) is 0. The van der Waals surface area contributed by atoms with Crippen LogP contribution < -0.4 is 9.47 Å². The van der Waals surface area contributed by atoms with Crippen LogP contribution in [0.5, 0.6) is 11.5 Å². The summed E-state index contributed by atoms with van der Waals surface area (Å²) in [6, 6.07) is 10.1. The lowest BCUT2D eigenvalue weighted by atomic mass is 10.3. The van der Waals surface area contributed by atoms with Crippen LogP contribution >= 0.6 is 31.9 Å². The van der Waals surface area contributed by atoms with E-state index in [1.165, 1.54) is 0 Å². The van der Waals surface area contributed by atoms with Crippen LogP contribution in [-0.2, 0) is 4.74 Å². The van der Waals surface area contributed by atoms with Gasteiger partial charge in [0.05, 0.1) is 22.2 Å². The molecule has 0 unspecified atom stereocenters. The molecule has 11 heteroatoms. The minimum absolute atomic E-state index is 0.365. The van der Waals surface area contributed by atoms with Crippen molar-refractivity contribution in [2.24, 2.45) is 10.2 Å². The van der Waals surface area contributed by atoms with Crippen LogP contribution in [0.2, 0.25) is 0 Å². The van der Waals surface area contributed by atoms with Crippen molar-refractivity contribution in [3.63, 3.8) is 0 Å². The van der Waals surface area contributed by atoms with E-state index in [-0.39, 0.29) is 0 Å². The van der Waals surface area contributed by atoms with Gasteiger partial charge in [-0.2, -0.15) is 0 Å². The quantitative estimate of drug-likeness (QED) is 0.159. The molecule has 2 rings (SSSR count). The highest BCUT2D eigenvalue weighted by atomic mass is 79.9. The first-order valence-corrected chi connectivity index (χ1v) is 9.25. The first-order valence-electron chi connectivity index (χ1n) is 7.66. The molecule has 140 valence electrons. The molecule has 0 spiro atoms. The van der Waals surface area contributed by atoms with Crippen LogP contribution in [0.15, 0.2) is 55.6 Å². The van der Waals surface area contributed by atoms with Crippen LogP contribution in [-0.4, -0.2) is 26.4 Å². The van der Waals surface area contributed by atoms with E-state index >= 15 is 0 Å². The van der Waals surface area contributed by atoms with E-state index in [1.807, 2.05) is 0 Å². The van der Waals surface area contributed by atoms with Crippen molar-refractivity contribution in [1.82, 2.24) is 0 Å². The summed E-state index contributed by atoms with van der Waals surface area (Å²) in [6.45, 7) is 1.52. The first kappa shape index (κ1) is 20.9. The number of halogens is 2. The molecular weight excluding hydrogens is 484 g/mol. The van der Waals surface area contributed by atoms with E-state index in [0.29, 0.717) is 58.2 Å². The molecule has 27 heavy (non-hydrogen) atoms. The average Bonchev–Trinajstić information content (AvgIpc) is 2.64. The van der Waals surface area contributed by atoms with Crippen LogP contribution in [0.1, 0.15) is 0 Å². The second-order valence-electron chi connectivity index (χ2n) is 4.92. The molecule has 0 N–H and O–H groups in total. The largest absolute Gasteiger partial charge is 0.490 e. The second-order valence-corrected chi connectivity index (χ2v) is 6.63. The lowest BCUT2D eigenvalue weighted by molar-refractivity contribution is 0.0761. The molecule has 0 heterocycles. The molecule has 0 radical (unpaired) electrons. The Labute approximate surface area is 171 Å². The standard InChI is InChI=1S/C16H14Br2N6O3/c17-13-9-11(21-23-19)1-3-15(13)26-7-5-25-6-8-27-16-4-2-12(22-24-20)10-14(16)18/h1-4,9-10H,5-8H2. The summed E-state index contributed by atoms with van der Waals surface area (Å²) in [7, 11) is 0. The topological polar surface area (TPSA) is 125 Å². The summed E-state index contributed by atoms with van der Waals surface area (Å²) in [5, 5.41) is 7.03. The van der Waals surface area contributed by atoms with Gasteiger partial charge >= 0.3 is 0 Å². The monoisotopic (exact) mass is 496 g/mol. The van der Waals surface area contributed by atoms with Crippen LogP contribution in [0, 0.1) is 0 Å². The molecular formula is C16H14Br2N6O3. The van der Waals surface area contributed by atoms with Gasteiger partial charge in [0, 0.05) is 21.2 Å². The fourth-order valence-corrected chi connectivity index (χ4v) is 2.93. The Kier molecular flexibility index (Phi) is 8.76. The molecule has 0 aromatic heterocycles. The summed E-state index contributed by atoms with van der Waals surface area (Å²) in [5.74, 6) is 1.27. The highest BCUT2D eigenvalue weighted by molar-refractivity contribution is 9.10. The van der Waals surface area contributed by atoms with Crippen molar-refractivity contribution in [2.45, 2.75) is 0 Å². The Hall–Kier alpha value is -2.42. The third-order valence-electron chi connectivity index (χ3n) is 3.12. The molecule has 9 nitrogen and oxygen atoms in total. The maximum atomic E-state index is 8.41. The van der Waals surface area contributed by atoms with Gasteiger partial charge in [0.15, 0.2) is 0 Å². The number of azide groups is 2. The zero-order chi connectivity index (χ0) is 19.5. The fourth-order valence-electron chi connectivity index (χ4n) is 1.96. The van der Waals surface area contributed by atoms with Crippen molar-refractivity contribution in [1.29, 1.82) is 0 Å². The van der Waals surface area contributed by atoms with Crippen molar-refractivity contribution >= 4 is 43.2 Å². The third kappa shape index (κ3) is 7.01. The molecule has 2 aromatic carbocycles. The Bertz CT molecular complexity index is 811. The fraction of sp³-hybridized carbons (Fsp3) is 0.250. The van der Waals surface area contributed by atoms with E-state index < -0.39 is 0 Å². The molecule has 0 amide bonds. The van der Waals surface area contributed by atoms with Gasteiger partial charge < -0.3 is 14.2 Å². The zero-order valence-electron chi connectivity index (χ0n) is 14.0. The molecule has 0 fully saturated rings. The highest BCUT2D eigenvalue weighted by Gasteiger charge is 2.03. The van der Waals surface area contributed by atoms with E-state index in [2.05, 4.69) is 51.9 Å². The van der Waals surface area contributed by atoms with E-state index in [9.17, 15) is 0 Å². The SMILES string of the molecule is [N-]=[N+]=Nc1ccc(OCCOCCOc2ccc(N=[N+]=[N-])cc2Br)c(Br)c1. The van der Waals surface area contributed by atoms with Gasteiger partial charge in [0.1, 0.15) is 24.7 Å². The second kappa shape index (κ2) is 11.3. The van der Waals surface area contributed by atoms with Crippen molar-refractivity contribution < 1.29 is 14.2 Å². The molecule has 0 aliphatic heterocycles. The van der Waals surface area contributed by atoms with Crippen molar-refractivity contribution in [2.75, 3.05) is 26.4 Å².